The van der Waals surface area contributed by atoms with Crippen LogP contribution in [0, 0.1) is 20.8 Å². The van der Waals surface area contributed by atoms with E-state index in [2.05, 4.69) is 48.2 Å². The number of aliphatic hydroxyl groups is 1. The van der Waals surface area contributed by atoms with Gasteiger partial charge in [-0.1, -0.05) is 24.3 Å². The molecular formula is C26H28N4O5. The molecule has 0 spiro atoms. The van der Waals surface area contributed by atoms with Crippen molar-refractivity contribution < 1.29 is 14.4 Å². The summed E-state index contributed by atoms with van der Waals surface area (Å²) < 4.78 is 11.3. The van der Waals surface area contributed by atoms with E-state index in [1.807, 2.05) is 30.3 Å². The molecule has 2 aromatic heterocycles. The van der Waals surface area contributed by atoms with Gasteiger partial charge in [0.1, 0.15) is 18.2 Å². The number of nitrogens with zero attached hydrogens (tertiary/aromatic N) is 2. The highest BCUT2D eigenvalue weighted by atomic mass is 16.5. The molecule has 9 heteroatoms. The molecule has 0 fully saturated rings. The highest BCUT2D eigenvalue weighted by Crippen LogP contribution is 2.34. The number of aromatic amines is 1. The van der Waals surface area contributed by atoms with Gasteiger partial charge >= 0.3 is 11.4 Å². The minimum atomic E-state index is -0.782. The lowest BCUT2D eigenvalue weighted by molar-refractivity contribution is 0.201. The fraction of sp³-hybridized carbons (Fsp3) is 0.269. The van der Waals surface area contributed by atoms with Gasteiger partial charge in [0.2, 0.25) is 0 Å². The summed E-state index contributed by atoms with van der Waals surface area (Å²) in [7, 11) is 0. The number of nitrogens with one attached hydrogen (secondary N) is 2. The van der Waals surface area contributed by atoms with Crippen LogP contribution in [0.3, 0.4) is 0 Å². The fourth-order valence-electron chi connectivity index (χ4n) is 4.13. The van der Waals surface area contributed by atoms with Crippen molar-refractivity contribution in [2.75, 3.05) is 18.5 Å². The monoisotopic (exact) mass is 476 g/mol. The van der Waals surface area contributed by atoms with E-state index >= 15 is 0 Å². The fourth-order valence-corrected chi connectivity index (χ4v) is 4.13. The molecule has 0 aliphatic heterocycles. The summed E-state index contributed by atoms with van der Waals surface area (Å²) in [5.41, 5.74) is 7.02. The topological polar surface area (TPSA) is 122 Å². The predicted molar refractivity (Wildman–Crippen MR) is 133 cm³/mol. The number of pyridine rings is 1. The molecular weight excluding hydrogens is 448 g/mol. The number of hydrogen-bond acceptors (Lipinski definition) is 7. The number of aromatic nitrogens is 3. The van der Waals surface area contributed by atoms with Gasteiger partial charge in [-0.05, 0) is 77.9 Å². The van der Waals surface area contributed by atoms with Crippen molar-refractivity contribution in [1.29, 1.82) is 0 Å². The lowest BCUT2D eigenvalue weighted by Gasteiger charge is -2.18. The van der Waals surface area contributed by atoms with Crippen LogP contribution in [0.2, 0.25) is 0 Å². The van der Waals surface area contributed by atoms with Crippen LogP contribution < -0.4 is 21.5 Å². The van der Waals surface area contributed by atoms with Crippen molar-refractivity contribution in [3.05, 3.63) is 97.5 Å². The first kappa shape index (κ1) is 24.0. The molecule has 0 atom stereocenters. The smallest absolute Gasteiger partial charge is 0.440 e. The summed E-state index contributed by atoms with van der Waals surface area (Å²) in [5, 5.41) is 12.4. The molecule has 0 bridgehead atoms. The Bertz CT molecular complexity index is 1410. The van der Waals surface area contributed by atoms with E-state index in [4.69, 9.17) is 14.4 Å². The van der Waals surface area contributed by atoms with Crippen LogP contribution in [-0.4, -0.2) is 33.0 Å². The zero-order valence-electron chi connectivity index (χ0n) is 19.9. The van der Waals surface area contributed by atoms with E-state index in [9.17, 15) is 9.59 Å². The Morgan fingerprint density at radius 1 is 1.11 bits per heavy atom. The van der Waals surface area contributed by atoms with E-state index in [0.29, 0.717) is 12.4 Å². The van der Waals surface area contributed by atoms with E-state index < -0.39 is 11.4 Å². The third-order valence-electron chi connectivity index (χ3n) is 5.82. The quantitative estimate of drug-likeness (QED) is 0.339. The Morgan fingerprint density at radius 2 is 1.89 bits per heavy atom. The Labute approximate surface area is 202 Å². The average molecular weight is 477 g/mol. The Balaban J connectivity index is 1.48. The summed E-state index contributed by atoms with van der Waals surface area (Å²) in [6, 6.07) is 13.9. The van der Waals surface area contributed by atoms with E-state index in [1.165, 1.54) is 11.1 Å². The second-order valence-electron chi connectivity index (χ2n) is 8.34. The minimum absolute atomic E-state index is 0.0173. The molecule has 0 aliphatic rings. The summed E-state index contributed by atoms with van der Waals surface area (Å²) in [4.78, 5) is 29.2. The van der Waals surface area contributed by atoms with Gasteiger partial charge in [0.25, 0.3) is 0 Å². The number of rotatable bonds is 9. The van der Waals surface area contributed by atoms with Crippen LogP contribution in [0.5, 0.6) is 5.75 Å². The number of anilines is 1. The number of ether oxygens (including phenoxy) is 1. The van der Waals surface area contributed by atoms with Gasteiger partial charge < -0.3 is 19.7 Å². The van der Waals surface area contributed by atoms with Crippen LogP contribution in [-0.2, 0) is 13.1 Å². The van der Waals surface area contributed by atoms with Crippen molar-refractivity contribution in [1.82, 2.24) is 14.7 Å². The van der Waals surface area contributed by atoms with Gasteiger partial charge in [-0.15, -0.1) is 4.74 Å². The molecule has 0 amide bonds. The Morgan fingerprint density at radius 3 is 2.51 bits per heavy atom. The molecule has 182 valence electrons. The van der Waals surface area contributed by atoms with Crippen LogP contribution in [0.25, 0.3) is 11.1 Å². The number of aryl methyl sites for hydroxylation is 2. The Kier molecular flexibility index (Phi) is 7.17. The first-order valence-electron chi connectivity index (χ1n) is 11.3. The van der Waals surface area contributed by atoms with Crippen molar-refractivity contribution in [3.8, 4) is 16.9 Å². The third-order valence-corrected chi connectivity index (χ3v) is 5.82. The van der Waals surface area contributed by atoms with E-state index in [-0.39, 0.29) is 19.8 Å². The highest BCUT2D eigenvalue weighted by Gasteiger charge is 2.13. The molecule has 0 radical (unpaired) electrons. The molecule has 0 aliphatic carbocycles. The summed E-state index contributed by atoms with van der Waals surface area (Å²) in [6.07, 6.45) is 1.64. The summed E-state index contributed by atoms with van der Waals surface area (Å²) in [6.45, 7) is 7.21. The first-order valence-corrected chi connectivity index (χ1v) is 11.3. The van der Waals surface area contributed by atoms with Crippen LogP contribution in [0.1, 0.15) is 27.8 Å². The van der Waals surface area contributed by atoms with Gasteiger partial charge in [0.05, 0.1) is 13.2 Å². The van der Waals surface area contributed by atoms with Gasteiger partial charge in [0, 0.05) is 12.7 Å². The second-order valence-corrected chi connectivity index (χ2v) is 8.34. The van der Waals surface area contributed by atoms with E-state index in [1.54, 1.807) is 6.20 Å². The van der Waals surface area contributed by atoms with Gasteiger partial charge in [-0.2, -0.15) is 0 Å². The zero-order chi connectivity index (χ0) is 24.9. The van der Waals surface area contributed by atoms with Crippen LogP contribution in [0.4, 0.5) is 5.82 Å². The molecule has 2 aromatic carbocycles. The molecule has 4 rings (SSSR count). The highest BCUT2D eigenvalue weighted by molar-refractivity contribution is 5.75. The average Bonchev–Trinajstić information content (AvgIpc) is 3.14. The van der Waals surface area contributed by atoms with Crippen LogP contribution in [0.15, 0.2) is 62.8 Å². The van der Waals surface area contributed by atoms with Crippen molar-refractivity contribution in [3.63, 3.8) is 0 Å². The van der Waals surface area contributed by atoms with Gasteiger partial charge in [0.15, 0.2) is 0 Å². The minimum Gasteiger partial charge on any atom is -0.491 e. The summed E-state index contributed by atoms with van der Waals surface area (Å²) in [5.74, 6) is 0.667. The van der Waals surface area contributed by atoms with Crippen molar-refractivity contribution in [2.45, 2.75) is 33.9 Å². The maximum absolute atomic E-state index is 11.6. The molecule has 9 nitrogen and oxygen atoms in total. The molecule has 3 N–H and O–H groups in total. The van der Waals surface area contributed by atoms with Gasteiger partial charge in [-0.25, -0.2) is 19.6 Å². The van der Waals surface area contributed by atoms with Crippen LogP contribution >= 0.6 is 0 Å². The lowest BCUT2D eigenvalue weighted by Crippen LogP contribution is -2.17. The molecule has 0 saturated carbocycles. The second kappa shape index (κ2) is 10.4. The Hall–Kier alpha value is -4.11. The molecule has 0 unspecified atom stereocenters. The number of aliphatic hydroxyl groups excluding tert-OH is 1. The zero-order valence-corrected chi connectivity index (χ0v) is 19.9. The number of hydrogen-bond donors (Lipinski definition) is 3. The van der Waals surface area contributed by atoms with Crippen molar-refractivity contribution >= 4 is 5.82 Å². The third kappa shape index (κ3) is 5.52. The van der Waals surface area contributed by atoms with Crippen molar-refractivity contribution in [2.24, 2.45) is 0 Å². The lowest BCUT2D eigenvalue weighted by atomic mass is 9.90. The maximum atomic E-state index is 11.6. The number of benzene rings is 2. The molecule has 2 heterocycles. The standard InChI is InChI=1S/C26H28N4O5/c1-16-11-21(34-10-9-31)12-17(2)24(16)22-6-4-5-20(18(22)3)14-28-23-8-7-19(13-27-23)15-30-25(32)29-26(33)35-30/h4-8,11-13,31H,9-10,14-15H2,1-3H3,(H,27,28)(H,29,32,33). The maximum Gasteiger partial charge on any atom is 0.440 e. The number of H-pyrrole nitrogens is 1. The first-order chi connectivity index (χ1) is 16.9. The van der Waals surface area contributed by atoms with E-state index in [0.717, 1.165) is 38.3 Å². The van der Waals surface area contributed by atoms with Gasteiger partial charge in [-0.3, -0.25) is 0 Å². The largest absolute Gasteiger partial charge is 0.491 e. The molecule has 0 saturated heterocycles. The predicted octanol–water partition coefficient (Wildman–Crippen LogP) is 3.15. The summed E-state index contributed by atoms with van der Waals surface area (Å²) >= 11 is 0. The normalized spacial score (nSPS) is 11.0. The molecule has 35 heavy (non-hydrogen) atoms. The SMILES string of the molecule is Cc1cc(OCCO)cc(C)c1-c1cccc(CNc2ccc(Cn3oc(=O)[nH]c3=O)cn2)c1C. The molecule has 4 aromatic rings.